The van der Waals surface area contributed by atoms with E-state index in [2.05, 4.69) is 4.72 Å². The lowest BCUT2D eigenvalue weighted by Gasteiger charge is -2.15. The average molecular weight is 510 g/mol. The molecule has 5 nitrogen and oxygen atoms in total. The third kappa shape index (κ3) is 5.42. The van der Waals surface area contributed by atoms with E-state index in [-0.39, 0.29) is 16.0 Å². The van der Waals surface area contributed by atoms with E-state index < -0.39 is 39.7 Å². The van der Waals surface area contributed by atoms with Gasteiger partial charge >= 0.3 is 6.18 Å². The molecule has 2 N–H and O–H groups in total. The molecule has 1 unspecified atom stereocenters. The van der Waals surface area contributed by atoms with Gasteiger partial charge in [0.25, 0.3) is 10.0 Å². The van der Waals surface area contributed by atoms with Gasteiger partial charge in [0.05, 0.1) is 21.2 Å². The van der Waals surface area contributed by atoms with Crippen molar-refractivity contribution in [3.05, 3.63) is 76.3 Å². The lowest BCUT2D eigenvalue weighted by molar-refractivity contribution is -0.137. The molecule has 0 amide bonds. The fourth-order valence-electron chi connectivity index (χ4n) is 2.74. The number of hydrogen-bond donors (Lipinski definition) is 2. The Bertz CT molecular complexity index is 1270. The van der Waals surface area contributed by atoms with Gasteiger partial charge in [0.2, 0.25) is 8.03 Å². The topological polar surface area (TPSA) is 83.5 Å². The van der Waals surface area contributed by atoms with E-state index in [1.807, 2.05) is 0 Å². The van der Waals surface area contributed by atoms with Crippen molar-refractivity contribution in [3.8, 4) is 11.1 Å². The molecule has 31 heavy (non-hydrogen) atoms. The van der Waals surface area contributed by atoms with Gasteiger partial charge in [-0.3, -0.25) is 9.29 Å². The summed E-state index contributed by atoms with van der Waals surface area (Å²) in [6, 6.07) is 12.4. The van der Waals surface area contributed by atoms with Crippen molar-refractivity contribution in [1.82, 2.24) is 0 Å². The van der Waals surface area contributed by atoms with Gasteiger partial charge in [-0.05, 0) is 48.0 Å². The summed E-state index contributed by atoms with van der Waals surface area (Å²) in [5.41, 5.74) is -0.408. The van der Waals surface area contributed by atoms with Gasteiger partial charge in [0.15, 0.2) is 0 Å². The quantitative estimate of drug-likeness (QED) is 0.440. The lowest BCUT2D eigenvalue weighted by atomic mass is 10.0. The van der Waals surface area contributed by atoms with Crippen LogP contribution in [0, 0.1) is 0 Å². The highest BCUT2D eigenvalue weighted by Gasteiger charge is 2.34. The van der Waals surface area contributed by atoms with Crippen LogP contribution >= 0.6 is 31.2 Å². The molecule has 3 aromatic rings. The number of halogens is 5. The summed E-state index contributed by atoms with van der Waals surface area (Å²) in [5, 5.41) is -0.227. The molecule has 0 radical (unpaired) electrons. The maximum absolute atomic E-state index is 13.1. The third-order valence-electron chi connectivity index (χ3n) is 4.22. The van der Waals surface area contributed by atoms with E-state index in [4.69, 9.17) is 23.2 Å². The van der Waals surface area contributed by atoms with E-state index >= 15 is 0 Å². The molecule has 0 saturated carbocycles. The van der Waals surface area contributed by atoms with Crippen LogP contribution in [-0.2, 0) is 20.8 Å². The number of benzene rings is 3. The molecule has 0 aliphatic rings. The van der Waals surface area contributed by atoms with Crippen molar-refractivity contribution in [2.75, 3.05) is 4.72 Å². The first-order chi connectivity index (χ1) is 14.4. The van der Waals surface area contributed by atoms with Gasteiger partial charge in [-0.25, -0.2) is 8.42 Å². The molecule has 0 aliphatic heterocycles. The van der Waals surface area contributed by atoms with Crippen molar-refractivity contribution in [1.29, 1.82) is 0 Å². The standard InChI is InChI=1S/C19H13Cl2F3NO4PS/c20-12-3-7-15(11-1-4-13(5-2-11)30(26)27)18(9-12)25-31(28,29)14-6-8-17(21)16(10-14)19(22,23)24/h1-10,25,30H,(H,26,27). The maximum Gasteiger partial charge on any atom is 0.417 e. The minimum absolute atomic E-state index is 0.0143. The molecule has 12 heteroatoms. The van der Waals surface area contributed by atoms with Gasteiger partial charge in [0, 0.05) is 15.9 Å². The molecule has 3 aromatic carbocycles. The summed E-state index contributed by atoms with van der Waals surface area (Å²) >= 11 is 11.5. The Hall–Kier alpha value is -2.03. The zero-order valence-electron chi connectivity index (χ0n) is 15.2. The normalized spacial score (nSPS) is 13.1. The van der Waals surface area contributed by atoms with Gasteiger partial charge in [0.1, 0.15) is 0 Å². The summed E-state index contributed by atoms with van der Waals surface area (Å²) in [6.45, 7) is 0. The van der Waals surface area contributed by atoms with Crippen LogP contribution in [0.15, 0.2) is 65.6 Å². The number of alkyl halides is 3. The highest BCUT2D eigenvalue weighted by molar-refractivity contribution is 7.92. The van der Waals surface area contributed by atoms with Gasteiger partial charge in [-0.1, -0.05) is 41.4 Å². The molecule has 0 spiro atoms. The number of rotatable bonds is 5. The van der Waals surface area contributed by atoms with Crippen molar-refractivity contribution in [2.45, 2.75) is 11.1 Å². The Kier molecular flexibility index (Phi) is 6.74. The number of nitrogens with one attached hydrogen (secondary N) is 1. The number of hydrogen-bond acceptors (Lipinski definition) is 3. The Labute approximate surface area is 186 Å². The average Bonchev–Trinajstić information content (AvgIpc) is 2.67. The minimum Gasteiger partial charge on any atom is -0.343 e. The molecule has 0 aromatic heterocycles. The van der Waals surface area contributed by atoms with Gasteiger partial charge in [-0.15, -0.1) is 0 Å². The predicted octanol–water partition coefficient (Wildman–Crippen LogP) is 5.57. The van der Waals surface area contributed by atoms with E-state index in [0.29, 0.717) is 17.2 Å². The van der Waals surface area contributed by atoms with E-state index in [1.54, 1.807) is 0 Å². The highest BCUT2D eigenvalue weighted by Crippen LogP contribution is 2.37. The molecular weight excluding hydrogens is 497 g/mol. The zero-order chi connectivity index (χ0) is 23.0. The molecule has 1 atom stereocenters. The van der Waals surface area contributed by atoms with Crippen LogP contribution in [0.2, 0.25) is 10.0 Å². The smallest absolute Gasteiger partial charge is 0.343 e. The lowest BCUT2D eigenvalue weighted by Crippen LogP contribution is -2.15. The van der Waals surface area contributed by atoms with Crippen LogP contribution in [0.25, 0.3) is 11.1 Å². The molecule has 3 rings (SSSR count). The molecule has 0 heterocycles. The zero-order valence-corrected chi connectivity index (χ0v) is 18.6. The van der Waals surface area contributed by atoms with Crippen LogP contribution in [0.4, 0.5) is 18.9 Å². The highest BCUT2D eigenvalue weighted by atomic mass is 35.5. The van der Waals surface area contributed by atoms with Crippen molar-refractivity contribution < 1.29 is 31.0 Å². The fourth-order valence-corrected chi connectivity index (χ4v) is 4.68. The van der Waals surface area contributed by atoms with Crippen LogP contribution in [0.3, 0.4) is 0 Å². The second-order valence-corrected chi connectivity index (χ2v) is 10.0. The Morgan fingerprint density at radius 1 is 0.935 bits per heavy atom. The summed E-state index contributed by atoms with van der Waals surface area (Å²) < 4.78 is 78.4. The van der Waals surface area contributed by atoms with Crippen LogP contribution in [-0.4, -0.2) is 13.3 Å². The van der Waals surface area contributed by atoms with Crippen LogP contribution < -0.4 is 10.0 Å². The van der Waals surface area contributed by atoms with E-state index in [0.717, 1.165) is 12.1 Å². The first-order valence-corrected chi connectivity index (χ1v) is 12.0. The molecular formula is C19H13Cl2F3NO4PS. The fraction of sp³-hybridized carbons (Fsp3) is 0.0526. The van der Waals surface area contributed by atoms with E-state index in [1.165, 1.54) is 42.5 Å². The van der Waals surface area contributed by atoms with E-state index in [9.17, 15) is 31.0 Å². The SMILES string of the molecule is O=[PH](O)c1ccc(-c2ccc(Cl)cc2NS(=O)(=O)c2ccc(Cl)c(C(F)(F)F)c2)cc1. The summed E-state index contributed by atoms with van der Waals surface area (Å²) in [5.74, 6) is 0. The van der Waals surface area contributed by atoms with Crippen molar-refractivity contribution in [3.63, 3.8) is 0 Å². The first kappa shape index (κ1) is 23.6. The largest absolute Gasteiger partial charge is 0.417 e. The second kappa shape index (κ2) is 8.84. The molecule has 164 valence electrons. The second-order valence-electron chi connectivity index (χ2n) is 6.32. The predicted molar refractivity (Wildman–Crippen MR) is 115 cm³/mol. The Balaban J connectivity index is 2.04. The monoisotopic (exact) mass is 509 g/mol. The Morgan fingerprint density at radius 2 is 1.58 bits per heavy atom. The van der Waals surface area contributed by atoms with Crippen molar-refractivity contribution in [2.24, 2.45) is 0 Å². The van der Waals surface area contributed by atoms with Crippen molar-refractivity contribution >= 4 is 52.2 Å². The minimum atomic E-state index is -4.83. The maximum atomic E-state index is 13.1. The van der Waals surface area contributed by atoms with Crippen LogP contribution in [0.1, 0.15) is 5.56 Å². The van der Waals surface area contributed by atoms with Gasteiger partial charge < -0.3 is 4.89 Å². The van der Waals surface area contributed by atoms with Gasteiger partial charge in [-0.2, -0.15) is 13.2 Å². The summed E-state index contributed by atoms with van der Waals surface area (Å²) in [4.78, 5) is 8.57. The molecule has 0 aliphatic carbocycles. The number of anilines is 1. The molecule has 0 fully saturated rings. The summed E-state index contributed by atoms with van der Waals surface area (Å²) in [6.07, 6.45) is -4.83. The van der Waals surface area contributed by atoms with Crippen LogP contribution in [0.5, 0.6) is 0 Å². The number of sulfonamides is 1. The summed E-state index contributed by atoms with van der Waals surface area (Å²) in [7, 11) is -7.33. The molecule has 0 saturated heterocycles. The Morgan fingerprint density at radius 3 is 2.16 bits per heavy atom. The first-order valence-electron chi connectivity index (χ1n) is 8.41. The third-order valence-corrected chi connectivity index (χ3v) is 6.98. The molecule has 0 bridgehead atoms.